The number of allylic oxidation sites excluding steroid dienone is 3. The van der Waals surface area contributed by atoms with Crippen LogP contribution in [0.5, 0.6) is 5.75 Å². The third-order valence-corrected chi connectivity index (χ3v) is 4.68. The predicted molar refractivity (Wildman–Crippen MR) is 116 cm³/mol. The van der Waals surface area contributed by atoms with Gasteiger partial charge >= 0.3 is 0 Å². The summed E-state index contributed by atoms with van der Waals surface area (Å²) in [6, 6.07) is 22.2. The zero-order valence-electron chi connectivity index (χ0n) is 15.8. The Kier molecular flexibility index (Phi) is 4.96. The van der Waals surface area contributed by atoms with Gasteiger partial charge in [0.05, 0.1) is 29.5 Å². The molecule has 0 aliphatic heterocycles. The summed E-state index contributed by atoms with van der Waals surface area (Å²) in [6.45, 7) is 0. The van der Waals surface area contributed by atoms with Crippen molar-refractivity contribution in [3.63, 3.8) is 0 Å². The van der Waals surface area contributed by atoms with E-state index in [1.54, 1.807) is 55.7 Å². The number of para-hydroxylation sites is 2. The molecule has 4 nitrogen and oxygen atoms in total. The lowest BCUT2D eigenvalue weighted by Gasteiger charge is -2.04. The van der Waals surface area contributed by atoms with Crippen molar-refractivity contribution in [1.82, 2.24) is 0 Å². The highest BCUT2D eigenvalue weighted by molar-refractivity contribution is 5.92. The maximum absolute atomic E-state index is 12.8. The molecule has 0 bridgehead atoms. The van der Waals surface area contributed by atoms with Crippen molar-refractivity contribution in [3.8, 4) is 11.8 Å². The summed E-state index contributed by atoms with van der Waals surface area (Å²) in [5.74, 6) is 0.755. The summed E-state index contributed by atoms with van der Waals surface area (Å²) in [4.78, 5) is 12.8. The third kappa shape index (κ3) is 3.54. The van der Waals surface area contributed by atoms with Crippen LogP contribution < -0.4 is 10.2 Å². The van der Waals surface area contributed by atoms with E-state index < -0.39 is 0 Å². The molecule has 0 N–H and O–H groups in total. The number of nitrogens with zero attached hydrogens (tertiary/aromatic N) is 1. The van der Waals surface area contributed by atoms with E-state index in [-0.39, 0.29) is 5.43 Å². The molecule has 4 aromatic rings. The summed E-state index contributed by atoms with van der Waals surface area (Å²) in [5, 5.41) is 10.6. The summed E-state index contributed by atoms with van der Waals surface area (Å²) in [5.41, 5.74) is 2.96. The van der Waals surface area contributed by atoms with Crippen LogP contribution in [0, 0.1) is 11.3 Å². The third-order valence-electron chi connectivity index (χ3n) is 4.68. The number of fused-ring (bicyclic) bond motifs is 2. The average Bonchev–Trinajstić information content (AvgIpc) is 2.77. The molecule has 0 aliphatic carbocycles. The maximum Gasteiger partial charge on any atom is 0.200 e. The normalized spacial score (nSPS) is 11.8. The van der Waals surface area contributed by atoms with E-state index in [0.717, 1.165) is 11.3 Å². The molecule has 0 saturated heterocycles. The van der Waals surface area contributed by atoms with Crippen LogP contribution in [0.2, 0.25) is 0 Å². The van der Waals surface area contributed by atoms with E-state index in [1.807, 2.05) is 36.4 Å². The fourth-order valence-electron chi connectivity index (χ4n) is 3.22. The monoisotopic (exact) mass is 379 g/mol. The van der Waals surface area contributed by atoms with Crippen LogP contribution in [0.25, 0.3) is 33.6 Å². The van der Waals surface area contributed by atoms with Gasteiger partial charge in [-0.3, -0.25) is 4.79 Å². The first-order valence-electron chi connectivity index (χ1n) is 9.09. The van der Waals surface area contributed by atoms with Crippen molar-refractivity contribution in [3.05, 3.63) is 100 Å². The molecule has 0 spiro atoms. The van der Waals surface area contributed by atoms with Crippen LogP contribution in [0.1, 0.15) is 11.1 Å². The van der Waals surface area contributed by atoms with Crippen molar-refractivity contribution in [1.29, 1.82) is 5.26 Å². The van der Waals surface area contributed by atoms with E-state index in [4.69, 9.17) is 9.15 Å². The van der Waals surface area contributed by atoms with Gasteiger partial charge in [-0.15, -0.1) is 0 Å². The lowest BCUT2D eigenvalue weighted by Crippen LogP contribution is -2.02. The Balaban J connectivity index is 1.75. The van der Waals surface area contributed by atoms with Crippen LogP contribution >= 0.6 is 0 Å². The zero-order valence-corrected chi connectivity index (χ0v) is 15.8. The molecule has 0 amide bonds. The average molecular weight is 379 g/mol. The summed E-state index contributed by atoms with van der Waals surface area (Å²) in [7, 11) is 1.62. The minimum Gasteiger partial charge on any atom is -0.496 e. The second-order valence-electron chi connectivity index (χ2n) is 6.43. The van der Waals surface area contributed by atoms with Gasteiger partial charge in [-0.05, 0) is 48.0 Å². The number of ether oxygens (including phenoxy) is 1. The molecule has 0 saturated carbocycles. The highest BCUT2D eigenvalue weighted by Gasteiger charge is 2.09. The Morgan fingerprint density at radius 3 is 2.59 bits per heavy atom. The van der Waals surface area contributed by atoms with E-state index in [9.17, 15) is 10.1 Å². The first-order valence-corrected chi connectivity index (χ1v) is 9.09. The molecule has 4 heteroatoms. The fourth-order valence-corrected chi connectivity index (χ4v) is 3.22. The smallest absolute Gasteiger partial charge is 0.200 e. The van der Waals surface area contributed by atoms with E-state index in [2.05, 4.69) is 6.07 Å². The number of nitriles is 1. The van der Waals surface area contributed by atoms with Crippen molar-refractivity contribution in [2.45, 2.75) is 0 Å². The predicted octanol–water partition coefficient (Wildman–Crippen LogP) is 5.58. The zero-order chi connectivity index (χ0) is 20.2. The van der Waals surface area contributed by atoms with Crippen molar-refractivity contribution < 1.29 is 9.15 Å². The molecule has 4 rings (SSSR count). The molecule has 1 aromatic heterocycles. The van der Waals surface area contributed by atoms with Gasteiger partial charge in [0.15, 0.2) is 0 Å². The molecule has 3 aromatic carbocycles. The molecule has 0 aliphatic rings. The van der Waals surface area contributed by atoms with Crippen LogP contribution in [0.15, 0.2) is 88.1 Å². The number of rotatable bonds is 4. The molecule has 0 fully saturated rings. The molecule has 0 atom stereocenters. The number of hydrogen-bond acceptors (Lipinski definition) is 4. The van der Waals surface area contributed by atoms with Crippen molar-refractivity contribution in [2.24, 2.45) is 0 Å². The molecular formula is C25H17NO3. The van der Waals surface area contributed by atoms with Gasteiger partial charge < -0.3 is 9.15 Å². The summed E-state index contributed by atoms with van der Waals surface area (Å²) >= 11 is 0. The van der Waals surface area contributed by atoms with Crippen LogP contribution in [-0.4, -0.2) is 7.11 Å². The van der Waals surface area contributed by atoms with Gasteiger partial charge in [0.1, 0.15) is 16.9 Å². The van der Waals surface area contributed by atoms with Gasteiger partial charge in [-0.25, -0.2) is 0 Å². The Morgan fingerprint density at radius 2 is 1.76 bits per heavy atom. The van der Waals surface area contributed by atoms with E-state index in [1.165, 1.54) is 0 Å². The quantitative estimate of drug-likeness (QED) is 0.264. The van der Waals surface area contributed by atoms with Crippen LogP contribution in [-0.2, 0) is 0 Å². The van der Waals surface area contributed by atoms with Crippen LogP contribution in [0.4, 0.5) is 0 Å². The number of methoxy groups -OCH3 is 1. The van der Waals surface area contributed by atoms with Crippen LogP contribution in [0.3, 0.4) is 0 Å². The van der Waals surface area contributed by atoms with Gasteiger partial charge in [0.2, 0.25) is 5.43 Å². The Labute approximate surface area is 167 Å². The van der Waals surface area contributed by atoms with Gasteiger partial charge in [0, 0.05) is 5.56 Å². The highest BCUT2D eigenvalue weighted by Crippen LogP contribution is 2.23. The number of hydrogen-bond donors (Lipinski definition) is 0. The SMILES string of the molecule is COc1ccccc1C=CC=C(C#N)c1ccc2oc3ccccc3c(=O)c2c1. The second-order valence-corrected chi connectivity index (χ2v) is 6.43. The summed E-state index contributed by atoms with van der Waals surface area (Å²) in [6.07, 6.45) is 5.39. The maximum atomic E-state index is 12.8. The Hall–Kier alpha value is -4.10. The van der Waals surface area contributed by atoms with Gasteiger partial charge in [-0.2, -0.15) is 5.26 Å². The second kappa shape index (κ2) is 7.87. The molecule has 1 heterocycles. The lowest BCUT2D eigenvalue weighted by molar-refractivity contribution is 0.414. The topological polar surface area (TPSA) is 63.2 Å². The van der Waals surface area contributed by atoms with E-state index >= 15 is 0 Å². The first kappa shape index (κ1) is 18.3. The molecule has 29 heavy (non-hydrogen) atoms. The molecule has 140 valence electrons. The largest absolute Gasteiger partial charge is 0.496 e. The Morgan fingerprint density at radius 1 is 1.00 bits per heavy atom. The Bertz CT molecular complexity index is 1370. The standard InChI is InChI=1S/C25H17NO3/c1-28-22-11-4-2-7-17(22)8-6-9-19(16-26)18-13-14-24-21(15-18)25(27)20-10-3-5-12-23(20)29-24/h2-15H,1H3. The van der Waals surface area contributed by atoms with Crippen molar-refractivity contribution in [2.75, 3.05) is 7.11 Å². The fraction of sp³-hybridized carbons (Fsp3) is 0.0400. The minimum atomic E-state index is -0.106. The molecular weight excluding hydrogens is 362 g/mol. The number of benzene rings is 3. The van der Waals surface area contributed by atoms with E-state index in [0.29, 0.717) is 33.1 Å². The molecule has 0 radical (unpaired) electrons. The minimum absolute atomic E-state index is 0.106. The highest BCUT2D eigenvalue weighted by atomic mass is 16.5. The first-order chi connectivity index (χ1) is 14.2. The van der Waals surface area contributed by atoms with Gasteiger partial charge in [0.25, 0.3) is 0 Å². The lowest BCUT2D eigenvalue weighted by atomic mass is 10.0. The molecule has 0 unspecified atom stereocenters. The van der Waals surface area contributed by atoms with Gasteiger partial charge in [-0.1, -0.05) is 42.5 Å². The van der Waals surface area contributed by atoms with Crippen molar-refractivity contribution >= 4 is 33.6 Å². The summed E-state index contributed by atoms with van der Waals surface area (Å²) < 4.78 is 11.2.